The van der Waals surface area contributed by atoms with E-state index in [-0.39, 0.29) is 44.3 Å². The summed E-state index contributed by atoms with van der Waals surface area (Å²) < 4.78 is 0. The molecule has 0 aromatic heterocycles. The van der Waals surface area contributed by atoms with Crippen molar-refractivity contribution in [3.8, 4) is 0 Å². The van der Waals surface area contributed by atoms with Crippen molar-refractivity contribution < 1.29 is 73.5 Å². The molecule has 19 heteroatoms. The van der Waals surface area contributed by atoms with E-state index in [0.717, 1.165) is 57.8 Å². The van der Waals surface area contributed by atoms with Crippen LogP contribution in [0.1, 0.15) is 180 Å². The molecule has 19 nitrogen and oxygen atoms in total. The van der Waals surface area contributed by atoms with Crippen LogP contribution >= 0.6 is 0 Å². The van der Waals surface area contributed by atoms with Gasteiger partial charge in [-0.2, -0.15) is 0 Å². The molecule has 0 saturated heterocycles. The number of carboxylic acids is 5. The molecule has 348 valence electrons. The van der Waals surface area contributed by atoms with Gasteiger partial charge in [-0.15, -0.1) is 0 Å². The minimum absolute atomic E-state index is 0.0754. The summed E-state index contributed by atoms with van der Waals surface area (Å²) in [6, 6.07) is -5.94. The molecular formula is C42H70N4O15. The molecule has 0 unspecified atom stereocenters. The van der Waals surface area contributed by atoms with Gasteiger partial charge in [0.2, 0.25) is 23.6 Å². The minimum Gasteiger partial charge on any atom is -0.481 e. The molecule has 0 aliphatic heterocycles. The van der Waals surface area contributed by atoms with Crippen LogP contribution in [-0.4, -0.2) is 109 Å². The van der Waals surface area contributed by atoms with Gasteiger partial charge in [-0.1, -0.05) is 96.8 Å². The first-order valence-electron chi connectivity index (χ1n) is 21.8. The second-order valence-electron chi connectivity index (χ2n) is 15.4. The Kier molecular flexibility index (Phi) is 31.7. The van der Waals surface area contributed by atoms with E-state index in [2.05, 4.69) is 21.3 Å². The summed E-state index contributed by atoms with van der Waals surface area (Å²) in [5.74, 6) is -9.74. The first kappa shape index (κ1) is 55.9. The van der Waals surface area contributed by atoms with E-state index < -0.39 is 110 Å². The number of carbonyl (C=O) groups excluding carboxylic acids is 5. The smallest absolute Gasteiger partial charge is 0.326 e. The SMILES string of the molecule is CCC(=O)CC[C@H](NC(=O)CC[C@H](NC(=O)CC[C@H](NC(=O)CC[C@H](NC(=O)CCCCCCCCCCCCCCCCCCC(=O)O)C(=O)O)C(=O)O)C(=O)O)C(=O)O. The molecule has 0 aromatic rings. The average Bonchev–Trinajstić information content (AvgIpc) is 3.19. The molecule has 0 saturated carbocycles. The number of rotatable bonds is 40. The van der Waals surface area contributed by atoms with Crippen molar-refractivity contribution in [2.45, 2.75) is 204 Å². The first-order chi connectivity index (χ1) is 29.0. The Hall–Kier alpha value is -5.10. The van der Waals surface area contributed by atoms with Gasteiger partial charge in [-0.3, -0.25) is 28.8 Å². The Labute approximate surface area is 357 Å². The lowest BCUT2D eigenvalue weighted by Crippen LogP contribution is -2.45. The van der Waals surface area contributed by atoms with Crippen LogP contribution in [0.3, 0.4) is 0 Å². The average molecular weight is 871 g/mol. The number of ketones is 1. The quantitative estimate of drug-likeness (QED) is 0.0384. The van der Waals surface area contributed by atoms with E-state index in [1.165, 1.54) is 38.5 Å². The van der Waals surface area contributed by atoms with Gasteiger partial charge < -0.3 is 46.8 Å². The molecule has 0 rings (SSSR count). The van der Waals surface area contributed by atoms with Crippen molar-refractivity contribution in [2.24, 2.45) is 0 Å². The van der Waals surface area contributed by atoms with Gasteiger partial charge in [0.25, 0.3) is 0 Å². The number of nitrogens with one attached hydrogen (secondary N) is 4. The maximum atomic E-state index is 12.5. The van der Waals surface area contributed by atoms with Crippen LogP contribution < -0.4 is 21.3 Å². The summed E-state index contributed by atoms with van der Waals surface area (Å²) in [6.45, 7) is 1.61. The molecule has 61 heavy (non-hydrogen) atoms. The molecular weight excluding hydrogens is 800 g/mol. The van der Waals surface area contributed by atoms with Crippen LogP contribution in [0.2, 0.25) is 0 Å². The van der Waals surface area contributed by atoms with Crippen LogP contribution in [0.25, 0.3) is 0 Å². The Morgan fingerprint density at radius 1 is 0.328 bits per heavy atom. The fraction of sp³-hybridized carbons (Fsp3) is 0.762. The zero-order valence-electron chi connectivity index (χ0n) is 35.7. The van der Waals surface area contributed by atoms with Crippen molar-refractivity contribution in [1.82, 2.24) is 21.3 Å². The fourth-order valence-corrected chi connectivity index (χ4v) is 6.44. The third-order valence-electron chi connectivity index (χ3n) is 10.2. The fourth-order valence-electron chi connectivity index (χ4n) is 6.44. The van der Waals surface area contributed by atoms with E-state index in [0.29, 0.717) is 6.42 Å². The van der Waals surface area contributed by atoms with Crippen molar-refractivity contribution in [1.29, 1.82) is 0 Å². The molecule has 9 N–H and O–H groups in total. The Morgan fingerprint density at radius 2 is 0.557 bits per heavy atom. The monoisotopic (exact) mass is 870 g/mol. The number of unbranched alkanes of at least 4 members (excludes halogenated alkanes) is 15. The van der Waals surface area contributed by atoms with E-state index in [1.807, 2.05) is 0 Å². The summed E-state index contributed by atoms with van der Waals surface area (Å²) in [4.78, 5) is 118. The van der Waals surface area contributed by atoms with Gasteiger partial charge in [0.1, 0.15) is 30.0 Å². The van der Waals surface area contributed by atoms with Crippen LogP contribution in [0.15, 0.2) is 0 Å². The number of hydrogen-bond donors (Lipinski definition) is 9. The van der Waals surface area contributed by atoms with Gasteiger partial charge in [-0.05, 0) is 38.5 Å². The molecule has 0 aromatic carbocycles. The molecule has 4 amide bonds. The highest BCUT2D eigenvalue weighted by Gasteiger charge is 2.27. The normalized spacial score (nSPS) is 12.9. The van der Waals surface area contributed by atoms with Crippen molar-refractivity contribution >= 4 is 59.3 Å². The standard InChI is InChI=1S/C42H70N4O15/c1-2-29(47)21-22-30(39(54)55)44-35(49)27-24-32(41(58)59)46-37(51)28-25-33(42(60)61)45-36(50)26-23-31(40(56)57)43-34(48)19-17-15-13-11-9-7-5-3-4-6-8-10-12-14-16-18-20-38(52)53/h30-33H,2-28H2,1H3,(H,43,48)(H,44,49)(H,45,50)(H,46,51)(H,52,53)(H,54,55)(H,56,57)(H,58,59)(H,60,61)/t30-,31-,32-,33-/m0/s1. The van der Waals surface area contributed by atoms with Gasteiger partial charge in [0, 0.05) is 44.9 Å². The summed E-state index contributed by atoms with van der Waals surface area (Å²) in [5, 5.41) is 55.6. The molecule has 0 spiro atoms. The Bertz CT molecular complexity index is 1410. The van der Waals surface area contributed by atoms with Gasteiger partial charge >= 0.3 is 29.8 Å². The third kappa shape index (κ3) is 31.4. The topological polar surface area (TPSA) is 320 Å². The van der Waals surface area contributed by atoms with Crippen molar-refractivity contribution in [3.05, 3.63) is 0 Å². The number of aliphatic carboxylic acids is 5. The van der Waals surface area contributed by atoms with E-state index in [1.54, 1.807) is 6.92 Å². The summed E-state index contributed by atoms with van der Waals surface area (Å²) in [6.07, 6.45) is 14.5. The number of amides is 4. The summed E-state index contributed by atoms with van der Waals surface area (Å²) in [5.41, 5.74) is 0. The largest absolute Gasteiger partial charge is 0.481 e. The predicted molar refractivity (Wildman–Crippen MR) is 221 cm³/mol. The van der Waals surface area contributed by atoms with Crippen LogP contribution in [-0.2, 0) is 47.9 Å². The first-order valence-corrected chi connectivity index (χ1v) is 21.8. The summed E-state index contributed by atoms with van der Waals surface area (Å²) >= 11 is 0. The zero-order valence-corrected chi connectivity index (χ0v) is 35.7. The van der Waals surface area contributed by atoms with Crippen LogP contribution in [0, 0.1) is 0 Å². The highest BCUT2D eigenvalue weighted by molar-refractivity contribution is 5.88. The maximum absolute atomic E-state index is 12.5. The van der Waals surface area contributed by atoms with Gasteiger partial charge in [-0.25, -0.2) is 19.2 Å². The lowest BCUT2D eigenvalue weighted by molar-refractivity contribution is -0.144. The van der Waals surface area contributed by atoms with Crippen molar-refractivity contribution in [3.63, 3.8) is 0 Å². The lowest BCUT2D eigenvalue weighted by atomic mass is 10.0. The maximum Gasteiger partial charge on any atom is 0.326 e. The van der Waals surface area contributed by atoms with E-state index in [4.69, 9.17) is 5.11 Å². The highest BCUT2D eigenvalue weighted by Crippen LogP contribution is 2.15. The van der Waals surface area contributed by atoms with Crippen molar-refractivity contribution in [2.75, 3.05) is 0 Å². The van der Waals surface area contributed by atoms with Gasteiger partial charge in [0.15, 0.2) is 0 Å². The second-order valence-corrected chi connectivity index (χ2v) is 15.4. The number of hydrogen-bond acceptors (Lipinski definition) is 10. The predicted octanol–water partition coefficient (Wildman–Crippen LogP) is 4.47. The molecule has 0 heterocycles. The molecule has 0 aliphatic carbocycles. The highest BCUT2D eigenvalue weighted by atomic mass is 16.4. The Balaban J connectivity index is 4.42. The van der Waals surface area contributed by atoms with E-state index >= 15 is 0 Å². The molecule has 0 radical (unpaired) electrons. The summed E-state index contributed by atoms with van der Waals surface area (Å²) in [7, 11) is 0. The Morgan fingerprint density at radius 3 is 0.803 bits per heavy atom. The van der Waals surface area contributed by atoms with Crippen LogP contribution in [0.4, 0.5) is 0 Å². The lowest BCUT2D eigenvalue weighted by Gasteiger charge is -2.18. The van der Waals surface area contributed by atoms with E-state index in [9.17, 15) is 68.4 Å². The number of carboxylic acid groups (broad SMARTS) is 5. The number of Topliss-reactive ketones (excluding diaryl/α,β-unsaturated/α-hetero) is 1. The van der Waals surface area contributed by atoms with Crippen LogP contribution in [0.5, 0.6) is 0 Å². The molecule has 0 fully saturated rings. The molecule has 0 bridgehead atoms. The van der Waals surface area contributed by atoms with Gasteiger partial charge in [0.05, 0.1) is 0 Å². The third-order valence-corrected chi connectivity index (χ3v) is 10.2. The minimum atomic E-state index is -1.59. The number of carbonyl (C=O) groups is 10. The molecule has 4 atom stereocenters. The molecule has 0 aliphatic rings. The second kappa shape index (κ2) is 34.6. The zero-order chi connectivity index (χ0) is 46.0.